The van der Waals surface area contributed by atoms with Gasteiger partial charge in [-0.25, -0.2) is 0 Å². The Bertz CT molecular complexity index is 2970. The van der Waals surface area contributed by atoms with Crippen LogP contribution in [0.1, 0.15) is 25.0 Å². The van der Waals surface area contributed by atoms with Crippen molar-refractivity contribution in [3.8, 4) is 78.3 Å². The molecular weight excluding hydrogens is 653 g/mol. The minimum absolute atomic E-state index is 0.123. The molecule has 0 saturated heterocycles. The quantitative estimate of drug-likeness (QED) is 0.179. The highest BCUT2D eigenvalue weighted by Gasteiger charge is 2.36. The first-order chi connectivity index (χ1) is 26.5. The number of rotatable bonds is 4. The number of ether oxygens (including phenoxy) is 1. The van der Waals surface area contributed by atoms with E-state index >= 15 is 0 Å². The highest BCUT2D eigenvalue weighted by atomic mass is 16.5. The van der Waals surface area contributed by atoms with Crippen molar-refractivity contribution in [1.29, 1.82) is 0 Å². The summed E-state index contributed by atoms with van der Waals surface area (Å²) in [4.78, 5) is 0. The maximum absolute atomic E-state index is 6.62. The molecule has 1 aliphatic carbocycles. The van der Waals surface area contributed by atoms with E-state index in [9.17, 15) is 0 Å². The Morgan fingerprint density at radius 2 is 0.944 bits per heavy atom. The molecule has 9 aromatic carbocycles. The van der Waals surface area contributed by atoms with Crippen LogP contribution >= 0.6 is 0 Å². The zero-order valence-electron chi connectivity index (χ0n) is 30.2. The molecule has 0 radical (unpaired) electrons. The fourth-order valence-electron chi connectivity index (χ4n) is 9.10. The van der Waals surface area contributed by atoms with E-state index in [4.69, 9.17) is 4.74 Å². The Morgan fingerprint density at radius 1 is 0.333 bits per heavy atom. The van der Waals surface area contributed by atoms with Gasteiger partial charge in [-0.2, -0.15) is 0 Å². The molecule has 0 spiro atoms. The Morgan fingerprint density at radius 3 is 1.74 bits per heavy atom. The van der Waals surface area contributed by atoms with Crippen molar-refractivity contribution in [3.63, 3.8) is 0 Å². The molecule has 9 aromatic rings. The van der Waals surface area contributed by atoms with Gasteiger partial charge >= 0.3 is 0 Å². The van der Waals surface area contributed by atoms with Gasteiger partial charge in [0.2, 0.25) is 0 Å². The van der Waals surface area contributed by atoms with Gasteiger partial charge in [-0.1, -0.05) is 153 Å². The molecular formula is C53H36O. The van der Waals surface area contributed by atoms with E-state index < -0.39 is 0 Å². The summed E-state index contributed by atoms with van der Waals surface area (Å²) in [7, 11) is 0. The Hall–Kier alpha value is -6.70. The number of hydrogen-bond donors (Lipinski definition) is 0. The molecule has 0 bridgehead atoms. The first kappa shape index (κ1) is 30.9. The maximum Gasteiger partial charge on any atom is 0.135 e. The predicted octanol–water partition coefficient (Wildman–Crippen LogP) is 14.7. The van der Waals surface area contributed by atoms with Crippen LogP contribution in [0.2, 0.25) is 0 Å². The summed E-state index contributed by atoms with van der Waals surface area (Å²) in [6.45, 7) is 4.76. The number of fused-ring (bicyclic) bond motifs is 6. The second-order valence-electron chi connectivity index (χ2n) is 15.3. The molecule has 1 aliphatic heterocycles. The first-order valence-corrected chi connectivity index (χ1v) is 18.8. The summed E-state index contributed by atoms with van der Waals surface area (Å²) >= 11 is 0. The van der Waals surface area contributed by atoms with E-state index in [2.05, 4.69) is 196 Å². The lowest BCUT2D eigenvalue weighted by Crippen LogP contribution is -2.15. The van der Waals surface area contributed by atoms with Gasteiger partial charge in [0.15, 0.2) is 0 Å². The van der Waals surface area contributed by atoms with Crippen molar-refractivity contribution in [2.75, 3.05) is 0 Å². The zero-order chi connectivity index (χ0) is 36.0. The van der Waals surface area contributed by atoms with E-state index in [1.165, 1.54) is 88.5 Å². The minimum atomic E-state index is -0.123. The second-order valence-corrected chi connectivity index (χ2v) is 15.3. The standard InChI is InChI=1S/C53H36O/c1-53(2)48-32-39(21-24-42(48)46-28-35-16-9-10-17-36(35)31-49(46)53)45-30-38(20-23-40(45)34-14-7-4-8-15-34)41-25-27-51-52-43(41)18-11-19-44(52)47-29-37(22-26-50(47)54-51)33-12-5-3-6-13-33/h3-32H,1-2H3. The third-order valence-electron chi connectivity index (χ3n) is 11.9. The molecule has 1 heterocycles. The first-order valence-electron chi connectivity index (χ1n) is 18.8. The van der Waals surface area contributed by atoms with Crippen molar-refractivity contribution in [2.45, 2.75) is 19.3 Å². The fourth-order valence-corrected chi connectivity index (χ4v) is 9.10. The summed E-state index contributed by atoms with van der Waals surface area (Å²) in [5.41, 5.74) is 17.3. The van der Waals surface area contributed by atoms with Crippen LogP contribution in [0.15, 0.2) is 182 Å². The normalized spacial score (nSPS) is 13.3. The lowest BCUT2D eigenvalue weighted by atomic mass is 9.80. The zero-order valence-corrected chi connectivity index (χ0v) is 30.2. The molecule has 0 aromatic heterocycles. The van der Waals surface area contributed by atoms with Crippen LogP contribution in [0.3, 0.4) is 0 Å². The molecule has 0 unspecified atom stereocenters. The van der Waals surface area contributed by atoms with Crippen LogP contribution in [0.4, 0.5) is 0 Å². The summed E-state index contributed by atoms with van der Waals surface area (Å²) in [5.74, 6) is 1.80. The summed E-state index contributed by atoms with van der Waals surface area (Å²) in [6.07, 6.45) is 0. The molecule has 0 N–H and O–H groups in total. The third kappa shape index (κ3) is 4.65. The Kier molecular flexibility index (Phi) is 6.66. The fraction of sp³-hybridized carbons (Fsp3) is 0.0566. The molecule has 1 heteroatoms. The van der Waals surface area contributed by atoms with Gasteiger partial charge in [0.1, 0.15) is 11.5 Å². The molecule has 1 nitrogen and oxygen atoms in total. The SMILES string of the molecule is CC1(C)c2cc(-c3cc(-c4ccc5c6c(cccc46)-c4cc(-c6ccccc6)ccc4O5)ccc3-c3ccccc3)ccc2-c2cc3ccccc3cc21. The molecule has 11 rings (SSSR count). The van der Waals surface area contributed by atoms with Crippen LogP contribution in [0, 0.1) is 0 Å². The highest BCUT2D eigenvalue weighted by molar-refractivity contribution is 6.10. The van der Waals surface area contributed by atoms with E-state index in [1.807, 2.05) is 0 Å². The molecule has 0 atom stereocenters. The third-order valence-corrected chi connectivity index (χ3v) is 11.9. The van der Waals surface area contributed by atoms with Gasteiger partial charge in [-0.3, -0.25) is 0 Å². The van der Waals surface area contributed by atoms with Gasteiger partial charge in [-0.15, -0.1) is 0 Å². The minimum Gasteiger partial charge on any atom is -0.456 e. The van der Waals surface area contributed by atoms with Crippen molar-refractivity contribution in [2.24, 2.45) is 0 Å². The largest absolute Gasteiger partial charge is 0.456 e. The monoisotopic (exact) mass is 688 g/mol. The van der Waals surface area contributed by atoms with Gasteiger partial charge < -0.3 is 4.74 Å². The van der Waals surface area contributed by atoms with Gasteiger partial charge in [-0.05, 0) is 131 Å². The maximum atomic E-state index is 6.62. The van der Waals surface area contributed by atoms with Gasteiger partial charge in [0.05, 0.1) is 0 Å². The Labute approximate surface area is 315 Å². The van der Waals surface area contributed by atoms with E-state index in [1.54, 1.807) is 0 Å². The molecule has 0 saturated carbocycles. The Balaban J connectivity index is 1.08. The predicted molar refractivity (Wildman–Crippen MR) is 226 cm³/mol. The van der Waals surface area contributed by atoms with E-state index in [0.717, 1.165) is 22.4 Å². The smallest absolute Gasteiger partial charge is 0.135 e. The topological polar surface area (TPSA) is 9.23 Å². The van der Waals surface area contributed by atoms with Crippen LogP contribution in [0.25, 0.3) is 88.3 Å². The summed E-state index contributed by atoms with van der Waals surface area (Å²) < 4.78 is 6.62. The summed E-state index contributed by atoms with van der Waals surface area (Å²) in [5, 5.41) is 4.93. The van der Waals surface area contributed by atoms with Crippen molar-refractivity contribution in [1.82, 2.24) is 0 Å². The highest BCUT2D eigenvalue weighted by Crippen LogP contribution is 2.53. The number of hydrogen-bond acceptors (Lipinski definition) is 1. The van der Waals surface area contributed by atoms with Crippen LogP contribution in [-0.4, -0.2) is 0 Å². The van der Waals surface area contributed by atoms with Crippen molar-refractivity contribution < 1.29 is 4.74 Å². The van der Waals surface area contributed by atoms with Crippen molar-refractivity contribution in [3.05, 3.63) is 193 Å². The molecule has 2 aliphatic rings. The van der Waals surface area contributed by atoms with Crippen LogP contribution in [0.5, 0.6) is 11.5 Å². The number of benzene rings is 9. The van der Waals surface area contributed by atoms with Gasteiger partial charge in [0, 0.05) is 16.4 Å². The van der Waals surface area contributed by atoms with Crippen LogP contribution < -0.4 is 4.74 Å². The average Bonchev–Trinajstić information content (AvgIpc) is 3.45. The van der Waals surface area contributed by atoms with Crippen molar-refractivity contribution >= 4 is 21.5 Å². The molecule has 0 amide bonds. The van der Waals surface area contributed by atoms with E-state index in [0.29, 0.717) is 0 Å². The van der Waals surface area contributed by atoms with Crippen LogP contribution in [-0.2, 0) is 5.41 Å². The molecule has 54 heavy (non-hydrogen) atoms. The second kappa shape index (κ2) is 11.7. The molecule has 254 valence electrons. The lowest BCUT2D eigenvalue weighted by Gasteiger charge is -2.24. The van der Waals surface area contributed by atoms with Gasteiger partial charge in [0.25, 0.3) is 0 Å². The molecule has 0 fully saturated rings. The van der Waals surface area contributed by atoms with E-state index in [-0.39, 0.29) is 5.41 Å². The summed E-state index contributed by atoms with van der Waals surface area (Å²) in [6, 6.07) is 66.7. The lowest BCUT2D eigenvalue weighted by molar-refractivity contribution is 0.487. The average molecular weight is 689 g/mol.